The highest BCUT2D eigenvalue weighted by Crippen LogP contribution is 2.21. The summed E-state index contributed by atoms with van der Waals surface area (Å²) >= 11 is 5.90. The molecule has 6 heteroatoms. The first kappa shape index (κ1) is 19.0. The van der Waals surface area contributed by atoms with Crippen molar-refractivity contribution < 1.29 is 9.31 Å². The van der Waals surface area contributed by atoms with Crippen molar-refractivity contribution in [2.45, 2.75) is 47.1 Å². The van der Waals surface area contributed by atoms with Crippen LogP contribution in [0.15, 0.2) is 24.5 Å². The highest BCUT2D eigenvalue weighted by molar-refractivity contribution is 6.61. The predicted molar refractivity (Wildman–Crippen MR) is 93.9 cm³/mol. The van der Waals surface area contributed by atoms with Crippen LogP contribution >= 0.6 is 11.6 Å². The van der Waals surface area contributed by atoms with Gasteiger partial charge in [0, 0.05) is 19.5 Å². The van der Waals surface area contributed by atoms with Crippen molar-refractivity contribution in [3.05, 3.63) is 29.7 Å². The topological polar surface area (TPSA) is 35.8 Å². The van der Waals surface area contributed by atoms with Gasteiger partial charge in [0.25, 0.3) is 0 Å². The van der Waals surface area contributed by atoms with Crippen molar-refractivity contribution in [1.29, 1.82) is 0 Å². The van der Waals surface area contributed by atoms with Crippen LogP contribution in [0, 0.1) is 5.92 Å². The van der Waals surface area contributed by atoms with E-state index < -0.39 is 7.12 Å². The van der Waals surface area contributed by atoms with Gasteiger partial charge in [0.15, 0.2) is 0 Å². The molecule has 122 valence electrons. The molecule has 0 bridgehead atoms. The fraction of sp³-hybridized carbons (Fsp3) is 0.562. The SMILES string of the molecule is CC.COB(OC(C)(C)C(C)C)c1ccc2nc(Cl)cn2c1. The van der Waals surface area contributed by atoms with Crippen molar-refractivity contribution in [1.82, 2.24) is 9.38 Å². The molecule has 2 rings (SSSR count). The van der Waals surface area contributed by atoms with Crippen LogP contribution in [0.1, 0.15) is 41.5 Å². The Balaban J connectivity index is 0.00000116. The molecule has 0 unspecified atom stereocenters. The smallest absolute Gasteiger partial charge is 0.410 e. The number of hydrogen-bond acceptors (Lipinski definition) is 3. The number of nitrogens with zero attached hydrogens (tertiary/aromatic N) is 2. The first-order valence-corrected chi connectivity index (χ1v) is 8.06. The first-order valence-electron chi connectivity index (χ1n) is 7.68. The third-order valence-corrected chi connectivity index (χ3v) is 3.91. The Morgan fingerprint density at radius 2 is 1.86 bits per heavy atom. The minimum absolute atomic E-state index is 0.276. The van der Waals surface area contributed by atoms with Crippen molar-refractivity contribution in [2.75, 3.05) is 7.11 Å². The number of rotatable bonds is 5. The number of halogens is 1. The third-order valence-electron chi connectivity index (χ3n) is 3.73. The van der Waals surface area contributed by atoms with Crippen LogP contribution in [0.4, 0.5) is 0 Å². The van der Waals surface area contributed by atoms with Crippen molar-refractivity contribution in [3.8, 4) is 0 Å². The van der Waals surface area contributed by atoms with Gasteiger partial charge in [-0.2, -0.15) is 0 Å². The Kier molecular flexibility index (Phi) is 6.91. The van der Waals surface area contributed by atoms with E-state index in [0.717, 1.165) is 11.1 Å². The van der Waals surface area contributed by atoms with Crippen molar-refractivity contribution >= 4 is 29.8 Å². The van der Waals surface area contributed by atoms with E-state index >= 15 is 0 Å². The van der Waals surface area contributed by atoms with Gasteiger partial charge in [-0.3, -0.25) is 0 Å². The fourth-order valence-electron chi connectivity index (χ4n) is 1.78. The molecule has 0 aliphatic heterocycles. The molecule has 0 aliphatic rings. The molecule has 0 N–H and O–H groups in total. The number of pyridine rings is 1. The second-order valence-corrected chi connectivity index (χ2v) is 6.12. The standard InChI is InChI=1S/C14H20BClN2O2.C2H6/c1-10(2)14(3,4)20-15(19-5)11-6-7-13-17-12(16)9-18(13)8-11;1-2/h6-10H,1-5H3;1-2H3. The normalized spacial score (nSPS) is 11.5. The summed E-state index contributed by atoms with van der Waals surface area (Å²) in [6.07, 6.45) is 3.69. The van der Waals surface area contributed by atoms with Gasteiger partial charge in [-0.15, -0.1) is 0 Å². The molecular formula is C16H26BClN2O2. The first-order chi connectivity index (χ1) is 10.3. The number of aromatic nitrogens is 2. The second-order valence-electron chi connectivity index (χ2n) is 5.74. The highest BCUT2D eigenvalue weighted by atomic mass is 35.5. The quantitative estimate of drug-likeness (QED) is 0.785. The van der Waals surface area contributed by atoms with Crippen LogP contribution in [-0.2, 0) is 9.31 Å². The van der Waals surface area contributed by atoms with E-state index in [1.807, 2.05) is 36.6 Å². The lowest BCUT2D eigenvalue weighted by Crippen LogP contribution is -2.45. The average Bonchev–Trinajstić information content (AvgIpc) is 2.85. The number of imidazole rings is 1. The summed E-state index contributed by atoms with van der Waals surface area (Å²) in [6, 6.07) is 3.85. The molecule has 2 aromatic rings. The third kappa shape index (κ3) is 4.48. The van der Waals surface area contributed by atoms with Gasteiger partial charge < -0.3 is 13.7 Å². The molecular weight excluding hydrogens is 298 g/mol. The zero-order chi connectivity index (χ0) is 16.9. The molecule has 0 aliphatic carbocycles. The van der Waals surface area contributed by atoms with Gasteiger partial charge >= 0.3 is 7.12 Å². The van der Waals surface area contributed by atoms with Gasteiger partial charge in [0.2, 0.25) is 0 Å². The van der Waals surface area contributed by atoms with E-state index in [2.05, 4.69) is 32.7 Å². The number of hydrogen-bond donors (Lipinski definition) is 0. The van der Waals surface area contributed by atoms with Gasteiger partial charge in [-0.25, -0.2) is 4.98 Å². The molecule has 4 nitrogen and oxygen atoms in total. The van der Waals surface area contributed by atoms with E-state index in [9.17, 15) is 0 Å². The fourth-order valence-corrected chi connectivity index (χ4v) is 1.97. The zero-order valence-electron chi connectivity index (χ0n) is 14.6. The van der Waals surface area contributed by atoms with Crippen LogP contribution in [0.25, 0.3) is 5.65 Å². The van der Waals surface area contributed by atoms with Crippen LogP contribution in [0.2, 0.25) is 5.15 Å². The average molecular weight is 325 g/mol. The molecule has 2 heterocycles. The summed E-state index contributed by atoms with van der Waals surface area (Å²) in [4.78, 5) is 4.19. The lowest BCUT2D eigenvalue weighted by Gasteiger charge is -2.32. The molecule has 0 spiro atoms. The van der Waals surface area contributed by atoms with Crippen LogP contribution in [0.3, 0.4) is 0 Å². The molecule has 22 heavy (non-hydrogen) atoms. The number of fused-ring (bicyclic) bond motifs is 1. The van der Waals surface area contributed by atoms with Gasteiger partial charge in [-0.05, 0) is 31.3 Å². The van der Waals surface area contributed by atoms with E-state index in [1.54, 1.807) is 13.3 Å². The lowest BCUT2D eigenvalue weighted by molar-refractivity contribution is 0.0371. The monoisotopic (exact) mass is 324 g/mol. The summed E-state index contributed by atoms with van der Waals surface area (Å²) < 4.78 is 13.5. The van der Waals surface area contributed by atoms with Crippen LogP contribution in [0.5, 0.6) is 0 Å². The molecule has 0 amide bonds. The second kappa shape index (κ2) is 8.00. The van der Waals surface area contributed by atoms with Gasteiger partial charge in [-0.1, -0.05) is 45.4 Å². The summed E-state index contributed by atoms with van der Waals surface area (Å²) in [5, 5.41) is 0.472. The Hall–Kier alpha value is -1.04. The van der Waals surface area contributed by atoms with E-state index in [1.165, 1.54) is 0 Å². The lowest BCUT2D eigenvalue weighted by atomic mass is 9.77. The Bertz CT molecular complexity index is 599. The molecule has 0 saturated heterocycles. The maximum absolute atomic E-state index is 6.10. The van der Waals surface area contributed by atoms with E-state index in [4.69, 9.17) is 20.9 Å². The Labute approximate surface area is 138 Å². The molecule has 0 aromatic carbocycles. The predicted octanol–water partition coefficient (Wildman–Crippen LogP) is 3.81. The van der Waals surface area contributed by atoms with Crippen molar-refractivity contribution in [2.24, 2.45) is 5.92 Å². The van der Waals surface area contributed by atoms with Crippen LogP contribution in [-0.4, -0.2) is 29.2 Å². The summed E-state index contributed by atoms with van der Waals surface area (Å²) in [5.74, 6) is 0.381. The highest BCUT2D eigenvalue weighted by Gasteiger charge is 2.32. The molecule has 0 fully saturated rings. The minimum Gasteiger partial charge on any atom is -0.410 e. The molecule has 0 atom stereocenters. The Morgan fingerprint density at radius 1 is 1.23 bits per heavy atom. The molecule has 0 saturated carbocycles. The van der Waals surface area contributed by atoms with Crippen LogP contribution < -0.4 is 5.46 Å². The summed E-state index contributed by atoms with van der Waals surface area (Å²) in [5.41, 5.74) is 1.46. The van der Waals surface area contributed by atoms with Gasteiger partial charge in [0.1, 0.15) is 10.8 Å². The maximum Gasteiger partial charge on any atom is 0.495 e. The van der Waals surface area contributed by atoms with E-state index in [-0.39, 0.29) is 5.60 Å². The largest absolute Gasteiger partial charge is 0.495 e. The maximum atomic E-state index is 6.10. The zero-order valence-corrected chi connectivity index (χ0v) is 15.3. The van der Waals surface area contributed by atoms with Gasteiger partial charge in [0.05, 0.1) is 5.60 Å². The molecule has 0 radical (unpaired) electrons. The van der Waals surface area contributed by atoms with E-state index in [0.29, 0.717) is 11.1 Å². The Morgan fingerprint density at radius 3 is 2.41 bits per heavy atom. The minimum atomic E-state index is -0.419. The summed E-state index contributed by atoms with van der Waals surface area (Å²) in [7, 11) is 1.23. The summed E-state index contributed by atoms with van der Waals surface area (Å²) in [6.45, 7) is 12.4. The van der Waals surface area contributed by atoms with Crippen molar-refractivity contribution in [3.63, 3.8) is 0 Å². The molecule has 2 aromatic heterocycles.